The van der Waals surface area contributed by atoms with Gasteiger partial charge >= 0.3 is 12.4 Å². The number of amides is 1. The zero-order valence-corrected chi connectivity index (χ0v) is 17.7. The van der Waals surface area contributed by atoms with Gasteiger partial charge in [0.25, 0.3) is 5.91 Å². The molecule has 1 atom stereocenters. The second-order valence-electron chi connectivity index (χ2n) is 7.53. The molecule has 4 nitrogen and oxygen atoms in total. The van der Waals surface area contributed by atoms with E-state index in [0.717, 1.165) is 24.3 Å². The number of nitrogens with zero attached hydrogens (tertiary/aromatic N) is 2. The van der Waals surface area contributed by atoms with Crippen LogP contribution >= 0.6 is 11.6 Å². The Balaban J connectivity index is 1.78. The minimum Gasteiger partial charge on any atom is -0.365 e. The zero-order valence-electron chi connectivity index (χ0n) is 16.9. The molecule has 0 unspecified atom stereocenters. The van der Waals surface area contributed by atoms with Crippen LogP contribution in [0, 0.1) is 0 Å². The fraction of sp³-hybridized carbons (Fsp3) is 0.381. The molecular weight excluding hydrogens is 460 g/mol. The Labute approximate surface area is 185 Å². The first-order valence-corrected chi connectivity index (χ1v) is 10.0. The molecule has 174 valence electrons. The number of benzene rings is 2. The van der Waals surface area contributed by atoms with Gasteiger partial charge in [-0.1, -0.05) is 11.6 Å². The van der Waals surface area contributed by atoms with Crippen LogP contribution in [0.15, 0.2) is 36.4 Å². The van der Waals surface area contributed by atoms with Crippen LogP contribution < -0.4 is 10.6 Å². The number of piperazine rings is 1. The number of alkyl halides is 6. The lowest BCUT2D eigenvalue weighted by molar-refractivity contribution is -0.138. The normalized spacial score (nSPS) is 17.6. The summed E-state index contributed by atoms with van der Waals surface area (Å²) in [5, 5.41) is -0.298. The van der Waals surface area contributed by atoms with Crippen molar-refractivity contribution in [2.24, 2.45) is 5.73 Å². The first-order chi connectivity index (χ1) is 14.8. The fourth-order valence-corrected chi connectivity index (χ4v) is 4.00. The number of halogens is 7. The van der Waals surface area contributed by atoms with E-state index in [1.54, 1.807) is 6.92 Å². The van der Waals surface area contributed by atoms with Gasteiger partial charge in [0.15, 0.2) is 0 Å². The van der Waals surface area contributed by atoms with E-state index >= 15 is 0 Å². The maximum atomic E-state index is 13.0. The summed E-state index contributed by atoms with van der Waals surface area (Å²) in [6.45, 7) is 2.44. The second-order valence-corrected chi connectivity index (χ2v) is 7.94. The van der Waals surface area contributed by atoms with E-state index in [2.05, 4.69) is 0 Å². The van der Waals surface area contributed by atoms with Crippen LogP contribution in [0.25, 0.3) is 0 Å². The maximum absolute atomic E-state index is 13.0. The largest absolute Gasteiger partial charge is 0.416 e. The highest BCUT2D eigenvalue weighted by Crippen LogP contribution is 2.35. The Morgan fingerprint density at radius 1 is 1.03 bits per heavy atom. The summed E-state index contributed by atoms with van der Waals surface area (Å²) in [7, 11) is 0. The molecule has 0 spiro atoms. The molecule has 0 aliphatic carbocycles. The Morgan fingerprint density at radius 2 is 1.62 bits per heavy atom. The highest BCUT2D eigenvalue weighted by molar-refractivity contribution is 6.33. The number of rotatable bonds is 3. The van der Waals surface area contributed by atoms with Gasteiger partial charge in [-0.05, 0) is 48.9 Å². The molecule has 32 heavy (non-hydrogen) atoms. The monoisotopic (exact) mass is 479 g/mol. The molecule has 0 aromatic heterocycles. The van der Waals surface area contributed by atoms with Crippen LogP contribution in [-0.2, 0) is 18.9 Å². The average Bonchev–Trinajstić information content (AvgIpc) is 2.71. The summed E-state index contributed by atoms with van der Waals surface area (Å²) < 4.78 is 77.5. The third kappa shape index (κ3) is 4.96. The van der Waals surface area contributed by atoms with E-state index in [-0.39, 0.29) is 36.3 Å². The predicted molar refractivity (Wildman–Crippen MR) is 109 cm³/mol. The molecule has 0 radical (unpaired) electrons. The van der Waals surface area contributed by atoms with Gasteiger partial charge in [0.2, 0.25) is 0 Å². The summed E-state index contributed by atoms with van der Waals surface area (Å²) in [6.07, 6.45) is -9.06. The van der Waals surface area contributed by atoms with Crippen molar-refractivity contribution in [3.8, 4) is 0 Å². The third-order valence-electron chi connectivity index (χ3n) is 5.38. The molecule has 0 saturated carbocycles. The number of carbonyl (C=O) groups is 1. The molecule has 1 fully saturated rings. The van der Waals surface area contributed by atoms with Gasteiger partial charge in [-0.2, -0.15) is 26.3 Å². The molecule has 1 amide bonds. The first kappa shape index (κ1) is 24.2. The molecule has 2 N–H and O–H groups in total. The van der Waals surface area contributed by atoms with Gasteiger partial charge in [-0.3, -0.25) is 4.79 Å². The van der Waals surface area contributed by atoms with Gasteiger partial charge in [-0.25, -0.2) is 0 Å². The van der Waals surface area contributed by atoms with Crippen molar-refractivity contribution in [3.63, 3.8) is 0 Å². The van der Waals surface area contributed by atoms with Gasteiger partial charge in [-0.15, -0.1) is 0 Å². The Kier molecular flexibility index (Phi) is 6.67. The van der Waals surface area contributed by atoms with Crippen LogP contribution in [0.5, 0.6) is 0 Å². The maximum Gasteiger partial charge on any atom is 0.416 e. The number of hydrogen-bond acceptors (Lipinski definition) is 3. The molecule has 1 heterocycles. The first-order valence-electron chi connectivity index (χ1n) is 9.65. The van der Waals surface area contributed by atoms with Crippen LogP contribution in [0.3, 0.4) is 0 Å². The second kappa shape index (κ2) is 8.82. The van der Waals surface area contributed by atoms with Crippen molar-refractivity contribution >= 4 is 23.2 Å². The highest BCUT2D eigenvalue weighted by Gasteiger charge is 2.34. The zero-order chi connectivity index (χ0) is 23.8. The van der Waals surface area contributed by atoms with Crippen LogP contribution in [0.1, 0.15) is 34.0 Å². The minimum absolute atomic E-state index is 0.0440. The van der Waals surface area contributed by atoms with Crippen LogP contribution in [-0.4, -0.2) is 36.5 Å². The number of nitrogens with two attached hydrogens (primary N) is 1. The van der Waals surface area contributed by atoms with Gasteiger partial charge in [0.1, 0.15) is 0 Å². The van der Waals surface area contributed by atoms with E-state index in [1.165, 1.54) is 11.0 Å². The average molecular weight is 480 g/mol. The summed E-state index contributed by atoms with van der Waals surface area (Å²) in [5.74, 6) is -0.512. The van der Waals surface area contributed by atoms with Crippen molar-refractivity contribution in [1.82, 2.24) is 4.90 Å². The Bertz CT molecular complexity index is 1010. The number of hydrogen-bond donors (Lipinski definition) is 1. The molecule has 11 heteroatoms. The van der Waals surface area contributed by atoms with Gasteiger partial charge < -0.3 is 15.5 Å². The van der Waals surface area contributed by atoms with Crippen molar-refractivity contribution in [2.75, 3.05) is 24.5 Å². The van der Waals surface area contributed by atoms with Crippen LogP contribution in [0.2, 0.25) is 5.02 Å². The standard InChI is InChI=1S/C21H20ClF6N3O/c1-12-11-30(19(32)16-4-2-15(9-17(16)22)21(26,27)28)6-7-31(12)18-5-3-14(20(23,24)25)8-13(18)10-29/h2-5,8-9,12H,6-7,10-11,29H2,1H3/t12-/m1/s1. The van der Waals surface area contributed by atoms with Crippen molar-refractivity contribution in [2.45, 2.75) is 31.9 Å². The lowest BCUT2D eigenvalue weighted by atomic mass is 10.0. The number of carbonyl (C=O) groups excluding carboxylic acids is 1. The van der Waals surface area contributed by atoms with E-state index in [4.69, 9.17) is 17.3 Å². The fourth-order valence-electron chi connectivity index (χ4n) is 3.74. The smallest absolute Gasteiger partial charge is 0.365 e. The SMILES string of the molecule is C[C@@H]1CN(C(=O)c2ccc(C(F)(F)F)cc2Cl)CCN1c1ccc(C(F)(F)F)cc1CN. The van der Waals surface area contributed by atoms with E-state index < -0.39 is 29.4 Å². The van der Waals surface area contributed by atoms with Crippen molar-refractivity contribution < 1.29 is 31.1 Å². The third-order valence-corrected chi connectivity index (χ3v) is 5.69. The molecular formula is C21H20ClF6N3O. The summed E-state index contributed by atoms with van der Waals surface area (Å²) in [5.41, 5.74) is 4.77. The lowest BCUT2D eigenvalue weighted by Crippen LogP contribution is -2.54. The number of anilines is 1. The molecule has 3 rings (SSSR count). The lowest BCUT2D eigenvalue weighted by Gasteiger charge is -2.42. The van der Waals surface area contributed by atoms with Gasteiger partial charge in [0.05, 0.1) is 21.7 Å². The molecule has 2 aromatic carbocycles. The van der Waals surface area contributed by atoms with Crippen molar-refractivity contribution in [1.29, 1.82) is 0 Å². The Hall–Kier alpha value is -2.46. The molecule has 1 aliphatic rings. The topological polar surface area (TPSA) is 49.6 Å². The highest BCUT2D eigenvalue weighted by atomic mass is 35.5. The summed E-state index contributed by atoms with van der Waals surface area (Å²) in [4.78, 5) is 16.2. The van der Waals surface area contributed by atoms with E-state index in [0.29, 0.717) is 23.9 Å². The molecule has 2 aromatic rings. The van der Waals surface area contributed by atoms with E-state index in [1.807, 2.05) is 4.90 Å². The Morgan fingerprint density at radius 3 is 2.16 bits per heavy atom. The quantitative estimate of drug-likeness (QED) is 0.617. The minimum atomic E-state index is -4.58. The van der Waals surface area contributed by atoms with Crippen LogP contribution in [0.4, 0.5) is 32.0 Å². The summed E-state index contributed by atoms with van der Waals surface area (Å²) in [6, 6.07) is 5.66. The predicted octanol–water partition coefficient (Wildman–Crippen LogP) is 5.19. The van der Waals surface area contributed by atoms with E-state index in [9.17, 15) is 31.1 Å². The molecule has 1 aliphatic heterocycles. The molecule has 0 bridgehead atoms. The van der Waals surface area contributed by atoms with Gasteiger partial charge in [0, 0.05) is 37.9 Å². The molecule has 1 saturated heterocycles. The summed E-state index contributed by atoms with van der Waals surface area (Å²) >= 11 is 5.94. The van der Waals surface area contributed by atoms with Crippen molar-refractivity contribution in [3.05, 3.63) is 63.7 Å².